The van der Waals surface area contributed by atoms with Gasteiger partial charge < -0.3 is 5.32 Å². The lowest BCUT2D eigenvalue weighted by atomic mass is 9.82. The number of thioether (sulfide) groups is 1. The molecule has 0 aromatic carbocycles. The molecular weight excluding hydrogens is 404 g/mol. The van der Waals surface area contributed by atoms with Crippen molar-refractivity contribution < 1.29 is 13.6 Å². The average Bonchev–Trinajstić information content (AvgIpc) is 2.66. The largest absolute Gasteiger partial charge is 0.322 e. The van der Waals surface area contributed by atoms with Crippen LogP contribution < -0.4 is 5.32 Å². The highest BCUT2D eigenvalue weighted by molar-refractivity contribution is 7.98. The second kappa shape index (κ2) is 8.33. The van der Waals surface area contributed by atoms with Gasteiger partial charge in [0.1, 0.15) is 0 Å². The Bertz CT molecular complexity index is 897. The highest BCUT2D eigenvalue weighted by atomic mass is 35.5. The molecule has 1 fully saturated rings. The molecule has 0 radical (unpaired) electrons. The number of carbonyl (C=O) groups is 1. The van der Waals surface area contributed by atoms with Crippen molar-refractivity contribution in [3.8, 4) is 0 Å². The fraction of sp³-hybridized carbons (Fsp3) is 0.450. The smallest absolute Gasteiger partial charge is 0.257 e. The highest BCUT2D eigenvalue weighted by Crippen LogP contribution is 2.42. The standard InChI is InChI=1S/C20H22ClF2N3OS/c1-11-16(19(27)26-14-6-9-24-15(10-14)28-3)18(25-12(2)17(11)21)13-4-7-20(22,23)8-5-13/h6,9-10,13H,4-5,7-8H2,1-3H3,(H,24,26,27). The molecule has 0 saturated heterocycles. The number of aromatic nitrogens is 2. The van der Waals surface area contributed by atoms with E-state index < -0.39 is 5.92 Å². The molecule has 0 bridgehead atoms. The number of anilines is 1. The summed E-state index contributed by atoms with van der Waals surface area (Å²) in [5.41, 5.74) is 2.79. The summed E-state index contributed by atoms with van der Waals surface area (Å²) in [7, 11) is 0. The lowest BCUT2D eigenvalue weighted by Gasteiger charge is -2.29. The topological polar surface area (TPSA) is 54.9 Å². The van der Waals surface area contributed by atoms with Gasteiger partial charge in [-0.2, -0.15) is 0 Å². The molecule has 2 aromatic heterocycles. The van der Waals surface area contributed by atoms with Gasteiger partial charge in [-0.25, -0.2) is 13.8 Å². The van der Waals surface area contributed by atoms with E-state index in [0.29, 0.717) is 46.1 Å². The first-order chi connectivity index (χ1) is 13.2. The van der Waals surface area contributed by atoms with E-state index in [-0.39, 0.29) is 24.7 Å². The highest BCUT2D eigenvalue weighted by Gasteiger charge is 2.37. The van der Waals surface area contributed by atoms with Crippen LogP contribution in [0.25, 0.3) is 0 Å². The van der Waals surface area contributed by atoms with E-state index in [0.717, 1.165) is 5.03 Å². The first-order valence-electron chi connectivity index (χ1n) is 9.07. The van der Waals surface area contributed by atoms with Crippen molar-refractivity contribution in [1.82, 2.24) is 9.97 Å². The van der Waals surface area contributed by atoms with Gasteiger partial charge in [-0.15, -0.1) is 11.8 Å². The van der Waals surface area contributed by atoms with Crippen molar-refractivity contribution in [2.75, 3.05) is 11.6 Å². The number of halogens is 3. The monoisotopic (exact) mass is 425 g/mol. The van der Waals surface area contributed by atoms with E-state index in [1.165, 1.54) is 11.8 Å². The number of aryl methyl sites for hydroxylation is 1. The average molecular weight is 426 g/mol. The fourth-order valence-electron chi connectivity index (χ4n) is 3.55. The van der Waals surface area contributed by atoms with Gasteiger partial charge in [0.25, 0.3) is 5.91 Å². The first kappa shape index (κ1) is 21.0. The van der Waals surface area contributed by atoms with Gasteiger partial charge >= 0.3 is 0 Å². The van der Waals surface area contributed by atoms with E-state index >= 15 is 0 Å². The molecular formula is C20H22ClF2N3OS. The summed E-state index contributed by atoms with van der Waals surface area (Å²) in [5, 5.41) is 4.08. The summed E-state index contributed by atoms with van der Waals surface area (Å²) in [5.74, 6) is -3.16. The number of carbonyl (C=O) groups excluding carboxylic acids is 1. The lowest BCUT2D eigenvalue weighted by Crippen LogP contribution is -2.26. The zero-order valence-electron chi connectivity index (χ0n) is 16.0. The predicted molar refractivity (Wildman–Crippen MR) is 109 cm³/mol. The number of amides is 1. The molecule has 1 amide bonds. The van der Waals surface area contributed by atoms with E-state index in [4.69, 9.17) is 11.6 Å². The zero-order chi connectivity index (χ0) is 20.5. The summed E-state index contributed by atoms with van der Waals surface area (Å²) in [6, 6.07) is 3.49. The minimum atomic E-state index is -2.64. The molecule has 4 nitrogen and oxygen atoms in total. The van der Waals surface area contributed by atoms with Crippen LogP contribution in [0.2, 0.25) is 5.02 Å². The maximum absolute atomic E-state index is 13.6. The van der Waals surface area contributed by atoms with Gasteiger partial charge in [0, 0.05) is 30.6 Å². The number of alkyl halides is 2. The molecule has 150 valence electrons. The first-order valence-corrected chi connectivity index (χ1v) is 10.7. The summed E-state index contributed by atoms with van der Waals surface area (Å²) >= 11 is 7.83. The van der Waals surface area contributed by atoms with Crippen LogP contribution in [-0.4, -0.2) is 28.1 Å². The van der Waals surface area contributed by atoms with E-state index in [1.807, 2.05) is 6.26 Å². The molecule has 3 rings (SSSR count). The quantitative estimate of drug-likeness (QED) is 0.609. The zero-order valence-corrected chi connectivity index (χ0v) is 17.6. The number of nitrogens with zero attached hydrogens (tertiary/aromatic N) is 2. The van der Waals surface area contributed by atoms with Crippen LogP contribution >= 0.6 is 23.4 Å². The molecule has 1 saturated carbocycles. The summed E-state index contributed by atoms with van der Waals surface area (Å²) in [6.07, 6.45) is 3.74. The van der Waals surface area contributed by atoms with Crippen molar-refractivity contribution in [2.45, 2.75) is 56.4 Å². The third-order valence-corrected chi connectivity index (χ3v) is 6.30. The van der Waals surface area contributed by atoms with Crippen LogP contribution in [0.3, 0.4) is 0 Å². The molecule has 0 aliphatic heterocycles. The summed E-state index contributed by atoms with van der Waals surface area (Å²) in [6.45, 7) is 3.54. The van der Waals surface area contributed by atoms with E-state index in [2.05, 4.69) is 15.3 Å². The van der Waals surface area contributed by atoms with E-state index in [9.17, 15) is 13.6 Å². The number of nitrogens with one attached hydrogen (secondary N) is 1. The van der Waals surface area contributed by atoms with Gasteiger partial charge in [0.15, 0.2) is 0 Å². The summed E-state index contributed by atoms with van der Waals surface area (Å²) in [4.78, 5) is 21.8. The Balaban J connectivity index is 1.96. The summed E-state index contributed by atoms with van der Waals surface area (Å²) < 4.78 is 27.2. The van der Waals surface area contributed by atoms with Crippen molar-refractivity contribution in [3.05, 3.63) is 45.9 Å². The number of rotatable bonds is 4. The third kappa shape index (κ3) is 4.46. The van der Waals surface area contributed by atoms with Crippen molar-refractivity contribution in [1.29, 1.82) is 0 Å². The number of hydrogen-bond acceptors (Lipinski definition) is 4. The van der Waals surface area contributed by atoms with Gasteiger partial charge in [-0.1, -0.05) is 11.6 Å². The molecule has 1 N–H and O–H groups in total. The molecule has 0 atom stereocenters. The van der Waals surface area contributed by atoms with Crippen molar-refractivity contribution in [3.63, 3.8) is 0 Å². The Morgan fingerprint density at radius 2 is 2.00 bits per heavy atom. The van der Waals surface area contributed by atoms with Crippen LogP contribution in [0.5, 0.6) is 0 Å². The molecule has 0 unspecified atom stereocenters. The van der Waals surface area contributed by atoms with Gasteiger partial charge in [-0.3, -0.25) is 9.78 Å². The van der Waals surface area contributed by atoms with Gasteiger partial charge in [-0.05, 0) is 50.6 Å². The maximum atomic E-state index is 13.6. The number of pyridine rings is 2. The molecule has 2 aromatic rings. The van der Waals surface area contributed by atoms with E-state index in [1.54, 1.807) is 32.2 Å². The van der Waals surface area contributed by atoms with Crippen LogP contribution in [0, 0.1) is 13.8 Å². The Morgan fingerprint density at radius 3 is 2.64 bits per heavy atom. The van der Waals surface area contributed by atoms with Crippen molar-refractivity contribution in [2.24, 2.45) is 0 Å². The predicted octanol–water partition coefficient (Wildman–Crippen LogP) is 6.01. The minimum Gasteiger partial charge on any atom is -0.322 e. The number of hydrogen-bond donors (Lipinski definition) is 1. The lowest BCUT2D eigenvalue weighted by molar-refractivity contribution is -0.0385. The van der Waals surface area contributed by atoms with Crippen molar-refractivity contribution >= 4 is 35.0 Å². The molecule has 1 aliphatic rings. The molecule has 8 heteroatoms. The van der Waals surface area contributed by atoms with Crippen LogP contribution in [0.1, 0.15) is 58.9 Å². The Labute approximate surface area is 172 Å². The normalized spacial score (nSPS) is 16.8. The maximum Gasteiger partial charge on any atom is 0.257 e. The van der Waals surface area contributed by atoms with Gasteiger partial charge in [0.05, 0.1) is 27.0 Å². The molecule has 2 heterocycles. The van der Waals surface area contributed by atoms with Crippen LogP contribution in [0.4, 0.5) is 14.5 Å². The molecule has 0 spiro atoms. The third-order valence-electron chi connectivity index (χ3n) is 5.10. The van der Waals surface area contributed by atoms with Crippen LogP contribution in [-0.2, 0) is 0 Å². The Hall–Kier alpha value is -1.73. The fourth-order valence-corrected chi connectivity index (χ4v) is 4.09. The Kier molecular flexibility index (Phi) is 6.25. The Morgan fingerprint density at radius 1 is 1.32 bits per heavy atom. The van der Waals surface area contributed by atoms with Gasteiger partial charge in [0.2, 0.25) is 5.92 Å². The molecule has 28 heavy (non-hydrogen) atoms. The second-order valence-corrected chi connectivity index (χ2v) is 8.27. The van der Waals surface area contributed by atoms with Crippen LogP contribution in [0.15, 0.2) is 23.4 Å². The minimum absolute atomic E-state index is 0.186. The SMILES string of the molecule is CSc1cc(NC(=O)c2c(C3CCC(F)(F)CC3)nc(C)c(Cl)c2C)ccn1. The second-order valence-electron chi connectivity index (χ2n) is 7.07. The molecule has 1 aliphatic carbocycles.